The fourth-order valence-corrected chi connectivity index (χ4v) is 13.6. The lowest BCUT2D eigenvalue weighted by Crippen LogP contribution is -2.58. The quantitative estimate of drug-likeness (QED) is 0.183. The highest BCUT2D eigenvalue weighted by Gasteiger charge is 2.57. The molecule has 50 heavy (non-hydrogen) atoms. The molecule has 2 amide bonds. The SMILES string of the molecule is CC(=O)NC1(C[C@@H]2[C@H](CO[Si](Cc3cccs3)(Cc3cccs3)C(C)(C)C)C[C@H](C(=O)OC(C)(C)C)N2C(=O)OC(C)(C)C)COC(C)(C)O1. The van der Waals surface area contributed by atoms with Gasteiger partial charge in [-0.15, -0.1) is 22.7 Å². The van der Waals surface area contributed by atoms with Gasteiger partial charge in [0.15, 0.2) is 11.5 Å². The van der Waals surface area contributed by atoms with Crippen LogP contribution in [0.2, 0.25) is 5.04 Å². The fraction of sp³-hybridized carbons (Fsp3) is 0.703. The Morgan fingerprint density at radius 2 is 1.50 bits per heavy atom. The third-order valence-electron chi connectivity index (χ3n) is 9.10. The van der Waals surface area contributed by atoms with Crippen LogP contribution in [0, 0.1) is 5.92 Å². The average Bonchev–Trinajstić information content (AvgIpc) is 3.73. The Kier molecular flexibility index (Phi) is 12.1. The van der Waals surface area contributed by atoms with Crippen LogP contribution in [0.15, 0.2) is 35.0 Å². The van der Waals surface area contributed by atoms with E-state index in [1.165, 1.54) is 21.6 Å². The normalized spacial score (nSPS) is 24.3. The summed E-state index contributed by atoms with van der Waals surface area (Å²) in [7, 11) is -2.65. The minimum Gasteiger partial charge on any atom is -0.458 e. The third kappa shape index (κ3) is 10.4. The number of thiophene rings is 2. The van der Waals surface area contributed by atoms with Crippen LogP contribution >= 0.6 is 22.7 Å². The Balaban J connectivity index is 1.81. The molecule has 0 aliphatic carbocycles. The third-order valence-corrected chi connectivity index (χ3v) is 16.7. The fourth-order valence-electron chi connectivity index (χ4n) is 6.88. The van der Waals surface area contributed by atoms with Gasteiger partial charge in [0.25, 0.3) is 0 Å². The summed E-state index contributed by atoms with van der Waals surface area (Å²) in [6.07, 6.45) is -0.178. The van der Waals surface area contributed by atoms with Crippen LogP contribution in [0.25, 0.3) is 0 Å². The Morgan fingerprint density at radius 1 is 0.940 bits per heavy atom. The van der Waals surface area contributed by atoms with E-state index in [9.17, 15) is 14.4 Å². The smallest absolute Gasteiger partial charge is 0.411 e. The van der Waals surface area contributed by atoms with Gasteiger partial charge < -0.3 is 28.7 Å². The summed E-state index contributed by atoms with van der Waals surface area (Å²) in [6.45, 7) is 23.0. The predicted octanol–water partition coefficient (Wildman–Crippen LogP) is 7.78. The molecular weight excluding hydrogens is 693 g/mol. The van der Waals surface area contributed by atoms with Crippen molar-refractivity contribution in [2.24, 2.45) is 5.92 Å². The summed E-state index contributed by atoms with van der Waals surface area (Å²) in [6, 6.07) is 8.61. The van der Waals surface area contributed by atoms with Gasteiger partial charge in [-0.1, -0.05) is 32.9 Å². The predicted molar refractivity (Wildman–Crippen MR) is 199 cm³/mol. The Morgan fingerprint density at radius 3 is 1.92 bits per heavy atom. The number of carbonyl (C=O) groups excluding carboxylic acids is 3. The van der Waals surface area contributed by atoms with Crippen molar-refractivity contribution in [3.63, 3.8) is 0 Å². The van der Waals surface area contributed by atoms with Crippen molar-refractivity contribution in [1.82, 2.24) is 10.2 Å². The van der Waals surface area contributed by atoms with Crippen molar-refractivity contribution in [3.8, 4) is 0 Å². The zero-order chi connectivity index (χ0) is 37.3. The number of amides is 2. The van der Waals surface area contributed by atoms with Crippen LogP contribution in [-0.2, 0) is 45.1 Å². The highest BCUT2D eigenvalue weighted by molar-refractivity contribution is 7.11. The number of likely N-dealkylation sites (tertiary alicyclic amines) is 1. The number of rotatable bonds is 11. The minimum atomic E-state index is -2.65. The number of nitrogens with zero attached hydrogens (tertiary/aromatic N) is 1. The molecule has 2 aliphatic heterocycles. The van der Waals surface area contributed by atoms with Gasteiger partial charge in [0.05, 0.1) is 6.61 Å². The zero-order valence-electron chi connectivity index (χ0n) is 32.0. The second kappa shape index (κ2) is 15.0. The molecule has 2 aliphatic rings. The van der Waals surface area contributed by atoms with Crippen molar-refractivity contribution in [2.45, 2.75) is 148 Å². The summed E-state index contributed by atoms with van der Waals surface area (Å²) in [4.78, 5) is 44.9. The molecule has 280 valence electrons. The number of hydrogen-bond acceptors (Lipinski definition) is 10. The molecular formula is C37H58N2O8S2Si. The summed E-state index contributed by atoms with van der Waals surface area (Å²) >= 11 is 3.48. The number of nitrogens with one attached hydrogen (secondary N) is 1. The maximum atomic E-state index is 14.2. The van der Waals surface area contributed by atoms with Crippen molar-refractivity contribution < 1.29 is 37.8 Å². The van der Waals surface area contributed by atoms with Gasteiger partial charge in [-0.3, -0.25) is 9.69 Å². The maximum Gasteiger partial charge on any atom is 0.411 e. The first kappa shape index (κ1) is 40.5. The molecule has 2 saturated heterocycles. The van der Waals surface area contributed by atoms with E-state index >= 15 is 0 Å². The number of carbonyl (C=O) groups is 3. The lowest BCUT2D eigenvalue weighted by Gasteiger charge is -2.44. The van der Waals surface area contributed by atoms with Gasteiger partial charge in [-0.2, -0.15) is 0 Å². The lowest BCUT2D eigenvalue weighted by molar-refractivity contribution is -0.177. The van der Waals surface area contributed by atoms with Crippen LogP contribution in [0.3, 0.4) is 0 Å². The van der Waals surface area contributed by atoms with Gasteiger partial charge in [0.2, 0.25) is 14.2 Å². The molecule has 1 unspecified atom stereocenters. The molecule has 1 N–H and O–H groups in total. The first-order chi connectivity index (χ1) is 22.9. The summed E-state index contributed by atoms with van der Waals surface area (Å²) in [5.74, 6) is -2.11. The van der Waals surface area contributed by atoms with Gasteiger partial charge in [-0.05, 0) is 89.7 Å². The highest BCUT2D eigenvalue weighted by Crippen LogP contribution is 2.46. The molecule has 13 heteroatoms. The van der Waals surface area contributed by atoms with Crippen LogP contribution in [0.1, 0.15) is 106 Å². The average molecular weight is 751 g/mol. The van der Waals surface area contributed by atoms with E-state index in [0.29, 0.717) is 13.0 Å². The molecule has 4 heterocycles. The standard InChI is InChI=1S/C37H58N2O8S2Si/c1-25(40)38-37(24-43-36(11,12)47-37)20-30-26(19-29(31(41)45-33(2,3)4)39(30)32(42)46-34(5,6)7)21-44-50(35(8,9)10,22-27-15-13-17-48-27)23-28-16-14-18-49-28/h13-18,26,29-30H,19-24H2,1-12H3,(H,38,40)/t26-,29+,30+,37?/m0/s1. The van der Waals surface area contributed by atoms with Crippen LogP contribution in [-0.4, -0.2) is 79.2 Å². The molecule has 4 atom stereocenters. The van der Waals surface area contributed by atoms with E-state index in [2.05, 4.69) is 61.1 Å². The van der Waals surface area contributed by atoms with Gasteiger partial charge >= 0.3 is 12.1 Å². The molecule has 0 aromatic carbocycles. The second-order valence-electron chi connectivity index (χ2n) is 17.2. The molecule has 2 aromatic rings. The van der Waals surface area contributed by atoms with E-state index in [-0.39, 0.29) is 29.9 Å². The van der Waals surface area contributed by atoms with Gasteiger partial charge in [-0.25, -0.2) is 9.59 Å². The van der Waals surface area contributed by atoms with Crippen LogP contribution in [0.5, 0.6) is 0 Å². The molecule has 0 saturated carbocycles. The van der Waals surface area contributed by atoms with E-state index in [1.807, 2.05) is 20.8 Å². The molecule has 4 rings (SSSR count). The van der Waals surface area contributed by atoms with E-state index in [0.717, 1.165) is 12.1 Å². The van der Waals surface area contributed by atoms with Crippen molar-refractivity contribution >= 4 is 49.0 Å². The first-order valence-electron chi connectivity index (χ1n) is 17.5. The Hall–Kier alpha value is -2.29. The van der Waals surface area contributed by atoms with Crippen molar-refractivity contribution in [3.05, 3.63) is 44.8 Å². The zero-order valence-corrected chi connectivity index (χ0v) is 34.6. The number of ether oxygens (including phenoxy) is 4. The topological polar surface area (TPSA) is 113 Å². The molecule has 0 spiro atoms. The van der Waals surface area contributed by atoms with Crippen LogP contribution < -0.4 is 5.32 Å². The van der Waals surface area contributed by atoms with E-state index in [4.69, 9.17) is 23.4 Å². The van der Waals surface area contributed by atoms with E-state index in [1.54, 1.807) is 57.3 Å². The molecule has 10 nitrogen and oxygen atoms in total. The second-order valence-corrected chi connectivity index (χ2v) is 23.8. The number of esters is 1. The summed E-state index contributed by atoms with van der Waals surface area (Å²) in [5, 5.41) is 7.04. The van der Waals surface area contributed by atoms with E-state index < -0.39 is 55.2 Å². The van der Waals surface area contributed by atoms with Crippen molar-refractivity contribution in [1.29, 1.82) is 0 Å². The monoisotopic (exact) mass is 750 g/mol. The minimum absolute atomic E-state index is 0.0698. The van der Waals surface area contributed by atoms with Crippen LogP contribution in [0.4, 0.5) is 4.79 Å². The highest BCUT2D eigenvalue weighted by atomic mass is 32.1. The van der Waals surface area contributed by atoms with Gasteiger partial charge in [0, 0.05) is 53.8 Å². The Bertz CT molecular complexity index is 1420. The number of hydrogen-bond donors (Lipinski definition) is 1. The molecule has 0 bridgehead atoms. The largest absolute Gasteiger partial charge is 0.458 e. The lowest BCUT2D eigenvalue weighted by atomic mass is 9.92. The maximum absolute atomic E-state index is 14.2. The Labute approximate surface area is 307 Å². The summed E-state index contributed by atoms with van der Waals surface area (Å²) in [5.41, 5.74) is -2.86. The molecule has 2 fully saturated rings. The summed E-state index contributed by atoms with van der Waals surface area (Å²) < 4.78 is 31.7. The molecule has 0 radical (unpaired) electrons. The first-order valence-corrected chi connectivity index (χ1v) is 21.6. The van der Waals surface area contributed by atoms with Crippen molar-refractivity contribution in [2.75, 3.05) is 13.2 Å². The van der Waals surface area contributed by atoms with Gasteiger partial charge in [0.1, 0.15) is 17.2 Å². The molecule has 2 aromatic heterocycles.